The molecule has 2 nitrogen and oxygen atoms in total. The van der Waals surface area contributed by atoms with Crippen LogP contribution in [-0.2, 0) is 4.74 Å². The van der Waals surface area contributed by atoms with Gasteiger partial charge in [0.15, 0.2) is 0 Å². The molecular weight excluding hydrogens is 216 g/mol. The highest BCUT2D eigenvalue weighted by molar-refractivity contribution is 8.17. The minimum absolute atomic E-state index is 0.0914. The highest BCUT2D eigenvalue weighted by Gasteiger charge is 2.39. The van der Waals surface area contributed by atoms with Gasteiger partial charge in [-0.2, -0.15) is 0 Å². The highest BCUT2D eigenvalue weighted by Crippen LogP contribution is 2.43. The van der Waals surface area contributed by atoms with Gasteiger partial charge in [0, 0.05) is 0 Å². The molecule has 1 fully saturated rings. The zero-order valence-corrected chi connectivity index (χ0v) is 9.94. The summed E-state index contributed by atoms with van der Waals surface area (Å²) in [5, 5.41) is 9.01. The minimum Gasteiger partial charge on any atom is -0.393 e. The van der Waals surface area contributed by atoms with Gasteiger partial charge < -0.3 is 9.84 Å². The molecule has 1 saturated heterocycles. The van der Waals surface area contributed by atoms with Crippen LogP contribution in [0.25, 0.3) is 0 Å². The predicted octanol–water partition coefficient (Wildman–Crippen LogP) is 1.89. The van der Waals surface area contributed by atoms with E-state index in [9.17, 15) is 0 Å². The molecule has 2 rings (SSSR count). The van der Waals surface area contributed by atoms with Gasteiger partial charge in [0.1, 0.15) is 5.60 Å². The van der Waals surface area contributed by atoms with Crippen LogP contribution in [0.3, 0.4) is 0 Å². The zero-order valence-electron chi connectivity index (χ0n) is 8.31. The molecule has 0 aromatic heterocycles. The van der Waals surface area contributed by atoms with Gasteiger partial charge in [-0.15, -0.1) is 23.5 Å². The number of aliphatic hydroxyl groups is 1. The summed E-state index contributed by atoms with van der Waals surface area (Å²) in [4.78, 5) is 0. The van der Waals surface area contributed by atoms with Gasteiger partial charge in [0.25, 0.3) is 0 Å². The number of hydrogen-bond acceptors (Lipinski definition) is 4. The van der Waals surface area contributed by atoms with Gasteiger partial charge in [-0.25, -0.2) is 0 Å². The standard InChI is InChI=1S/C10H16O2S2/c1-10(4-3-8(7-11)12-10)9-13-5-2-6-14-9/h3-4,8-9,11H,2,5-7H2,1H3/t8-,10-/m0/s1. The van der Waals surface area contributed by atoms with E-state index in [2.05, 4.69) is 13.0 Å². The quantitative estimate of drug-likeness (QED) is 0.736. The summed E-state index contributed by atoms with van der Waals surface area (Å²) in [6.07, 6.45) is 5.30. The maximum absolute atomic E-state index is 9.01. The Balaban J connectivity index is 1.99. The van der Waals surface area contributed by atoms with E-state index in [0.717, 1.165) is 0 Å². The second-order valence-electron chi connectivity index (χ2n) is 3.81. The molecular formula is C10H16O2S2. The largest absolute Gasteiger partial charge is 0.393 e. The summed E-state index contributed by atoms with van der Waals surface area (Å²) in [7, 11) is 0. The Morgan fingerprint density at radius 3 is 2.79 bits per heavy atom. The van der Waals surface area contributed by atoms with Crippen LogP contribution in [0.2, 0.25) is 0 Å². The zero-order chi connectivity index (χ0) is 10.0. The first-order chi connectivity index (χ1) is 6.74. The maximum Gasteiger partial charge on any atom is 0.105 e. The molecule has 0 aliphatic carbocycles. The monoisotopic (exact) mass is 232 g/mol. The lowest BCUT2D eigenvalue weighted by atomic mass is 10.1. The van der Waals surface area contributed by atoms with Crippen molar-refractivity contribution in [3.8, 4) is 0 Å². The molecule has 4 heteroatoms. The van der Waals surface area contributed by atoms with Crippen LogP contribution in [0, 0.1) is 0 Å². The Morgan fingerprint density at radius 1 is 1.50 bits per heavy atom. The SMILES string of the molecule is C[C@@]1(C2SCCCS2)C=C[C@@H](CO)O1. The summed E-state index contributed by atoms with van der Waals surface area (Å²) < 4.78 is 6.32. The fraction of sp³-hybridized carbons (Fsp3) is 0.800. The average molecular weight is 232 g/mol. The van der Waals surface area contributed by atoms with Crippen molar-refractivity contribution in [2.45, 2.75) is 29.6 Å². The van der Waals surface area contributed by atoms with Gasteiger partial charge in [0.2, 0.25) is 0 Å². The van der Waals surface area contributed by atoms with E-state index in [0.29, 0.717) is 4.58 Å². The van der Waals surface area contributed by atoms with Crippen LogP contribution in [-0.4, -0.2) is 39.5 Å². The molecule has 0 spiro atoms. The molecule has 2 aliphatic rings. The van der Waals surface area contributed by atoms with E-state index in [1.165, 1.54) is 17.9 Å². The van der Waals surface area contributed by atoms with E-state index in [4.69, 9.17) is 9.84 Å². The van der Waals surface area contributed by atoms with Crippen LogP contribution >= 0.6 is 23.5 Å². The third-order valence-corrected chi connectivity index (χ3v) is 5.93. The molecule has 14 heavy (non-hydrogen) atoms. The lowest BCUT2D eigenvalue weighted by Crippen LogP contribution is -2.37. The van der Waals surface area contributed by atoms with Crippen LogP contribution in [0.4, 0.5) is 0 Å². The molecule has 0 aromatic carbocycles. The molecule has 1 N–H and O–H groups in total. The van der Waals surface area contributed by atoms with Crippen molar-refractivity contribution >= 4 is 23.5 Å². The van der Waals surface area contributed by atoms with Gasteiger partial charge in [-0.05, 0) is 24.9 Å². The first-order valence-electron chi connectivity index (χ1n) is 4.96. The number of thioether (sulfide) groups is 2. The summed E-state index contributed by atoms with van der Waals surface area (Å²) >= 11 is 3.95. The van der Waals surface area contributed by atoms with Gasteiger partial charge >= 0.3 is 0 Å². The van der Waals surface area contributed by atoms with Crippen LogP contribution in [0.15, 0.2) is 12.2 Å². The van der Waals surface area contributed by atoms with E-state index in [1.54, 1.807) is 0 Å². The third kappa shape index (κ3) is 2.13. The topological polar surface area (TPSA) is 29.5 Å². The number of ether oxygens (including phenoxy) is 1. The highest BCUT2D eigenvalue weighted by atomic mass is 32.2. The lowest BCUT2D eigenvalue weighted by Gasteiger charge is -2.34. The van der Waals surface area contributed by atoms with Crippen molar-refractivity contribution in [1.29, 1.82) is 0 Å². The van der Waals surface area contributed by atoms with Crippen LogP contribution in [0.1, 0.15) is 13.3 Å². The molecule has 0 unspecified atom stereocenters. The third-order valence-electron chi connectivity index (χ3n) is 2.52. The van der Waals surface area contributed by atoms with Crippen LogP contribution < -0.4 is 0 Å². The Kier molecular flexibility index (Phi) is 3.47. The summed E-state index contributed by atoms with van der Waals surface area (Å²) in [5.74, 6) is 2.46. The Bertz CT molecular complexity index is 226. The molecule has 0 bridgehead atoms. The summed E-state index contributed by atoms with van der Waals surface area (Å²) in [5.41, 5.74) is -0.177. The second kappa shape index (κ2) is 4.47. The smallest absolute Gasteiger partial charge is 0.105 e. The second-order valence-corrected chi connectivity index (χ2v) is 6.53. The average Bonchev–Trinajstić information content (AvgIpc) is 2.63. The minimum atomic E-state index is -0.177. The molecule has 0 amide bonds. The Labute approximate surface area is 93.5 Å². The van der Waals surface area contributed by atoms with E-state index >= 15 is 0 Å². The van der Waals surface area contributed by atoms with Gasteiger partial charge in [0.05, 0.1) is 17.3 Å². The fourth-order valence-corrected chi connectivity index (χ4v) is 4.88. The Morgan fingerprint density at radius 2 is 2.21 bits per heavy atom. The van der Waals surface area contributed by atoms with Crippen molar-refractivity contribution < 1.29 is 9.84 Å². The number of aliphatic hydroxyl groups excluding tert-OH is 1. The first kappa shape index (κ1) is 10.9. The number of rotatable bonds is 2. The van der Waals surface area contributed by atoms with Crippen molar-refractivity contribution in [1.82, 2.24) is 0 Å². The normalized spacial score (nSPS) is 39.1. The number of hydrogen-bond donors (Lipinski definition) is 1. The van der Waals surface area contributed by atoms with Crippen molar-refractivity contribution in [3.05, 3.63) is 12.2 Å². The van der Waals surface area contributed by atoms with E-state index in [-0.39, 0.29) is 18.3 Å². The maximum atomic E-state index is 9.01. The molecule has 2 aliphatic heterocycles. The van der Waals surface area contributed by atoms with E-state index < -0.39 is 0 Å². The van der Waals surface area contributed by atoms with E-state index in [1.807, 2.05) is 29.6 Å². The molecule has 2 heterocycles. The molecule has 0 saturated carbocycles. The molecule has 0 radical (unpaired) electrons. The molecule has 2 atom stereocenters. The molecule has 0 aromatic rings. The molecule has 80 valence electrons. The predicted molar refractivity (Wildman–Crippen MR) is 62.8 cm³/mol. The van der Waals surface area contributed by atoms with Crippen LogP contribution in [0.5, 0.6) is 0 Å². The van der Waals surface area contributed by atoms with Gasteiger partial charge in [-0.3, -0.25) is 0 Å². The first-order valence-corrected chi connectivity index (χ1v) is 7.05. The van der Waals surface area contributed by atoms with Gasteiger partial charge in [-0.1, -0.05) is 12.2 Å². The lowest BCUT2D eigenvalue weighted by molar-refractivity contribution is -0.0235. The fourth-order valence-electron chi connectivity index (χ4n) is 1.75. The van der Waals surface area contributed by atoms with Crippen molar-refractivity contribution in [3.63, 3.8) is 0 Å². The summed E-state index contributed by atoms with van der Waals surface area (Å²) in [6, 6.07) is 0. The van der Waals surface area contributed by atoms with Crippen molar-refractivity contribution in [2.24, 2.45) is 0 Å². The van der Waals surface area contributed by atoms with Crippen molar-refractivity contribution in [2.75, 3.05) is 18.1 Å². The Hall–Kier alpha value is 0.360. The summed E-state index contributed by atoms with van der Waals surface area (Å²) in [6.45, 7) is 2.21.